The number of rotatable bonds is 15. The lowest BCUT2D eigenvalue weighted by Crippen LogP contribution is -2.44. The fraction of sp³-hybridized carbons (Fsp3) is 0.406. The summed E-state index contributed by atoms with van der Waals surface area (Å²) in [5.74, 6) is 0.242. The Kier molecular flexibility index (Phi) is 11.4. The Labute approximate surface area is 288 Å². The molecule has 2 aromatic heterocycles. The van der Waals surface area contributed by atoms with Gasteiger partial charge in [0.1, 0.15) is 40.1 Å². The molecule has 0 N–H and O–H groups in total. The van der Waals surface area contributed by atoms with E-state index in [1.165, 1.54) is 46.0 Å². The second kappa shape index (κ2) is 14.8. The molecular formula is C32H42FN5O8S2Si. The highest BCUT2D eigenvalue weighted by atomic mass is 32.2. The molecule has 13 nitrogen and oxygen atoms in total. The number of benzene rings is 2. The molecule has 0 saturated heterocycles. The van der Waals surface area contributed by atoms with Crippen LogP contribution in [0.15, 0.2) is 59.5 Å². The van der Waals surface area contributed by atoms with Crippen LogP contribution in [0.5, 0.6) is 17.4 Å². The van der Waals surface area contributed by atoms with E-state index in [1.54, 1.807) is 36.4 Å². The highest BCUT2D eigenvalue weighted by Gasteiger charge is 2.41. The second-order valence-electron chi connectivity index (χ2n) is 12.5. The molecule has 0 bridgehead atoms. The third kappa shape index (κ3) is 8.06. The van der Waals surface area contributed by atoms with Crippen LogP contribution in [0.1, 0.15) is 18.6 Å². The van der Waals surface area contributed by atoms with Gasteiger partial charge in [0, 0.05) is 39.6 Å². The minimum absolute atomic E-state index is 0.00163. The van der Waals surface area contributed by atoms with Crippen LogP contribution < -0.4 is 18.5 Å². The summed E-state index contributed by atoms with van der Waals surface area (Å²) in [4.78, 5) is 4.17. The van der Waals surface area contributed by atoms with E-state index in [-0.39, 0.29) is 28.8 Å². The maximum absolute atomic E-state index is 14.9. The van der Waals surface area contributed by atoms with Crippen LogP contribution in [-0.2, 0) is 24.6 Å². The van der Waals surface area contributed by atoms with Gasteiger partial charge >= 0.3 is 0 Å². The zero-order valence-corrected chi connectivity index (χ0v) is 31.6. The maximum Gasteiger partial charge on any atom is 0.246 e. The molecule has 0 saturated carbocycles. The number of ether oxygens (including phenoxy) is 4. The molecule has 0 amide bonds. The minimum atomic E-state index is -4.47. The van der Waals surface area contributed by atoms with Crippen molar-refractivity contribution in [2.75, 3.05) is 45.5 Å². The van der Waals surface area contributed by atoms with Gasteiger partial charge in [0.05, 0.1) is 26.2 Å². The van der Waals surface area contributed by atoms with E-state index in [9.17, 15) is 21.2 Å². The van der Waals surface area contributed by atoms with Crippen LogP contribution in [0.3, 0.4) is 0 Å². The monoisotopic (exact) mass is 735 g/mol. The van der Waals surface area contributed by atoms with Crippen LogP contribution in [0.25, 0.3) is 17.2 Å². The van der Waals surface area contributed by atoms with E-state index >= 15 is 0 Å². The van der Waals surface area contributed by atoms with Crippen molar-refractivity contribution < 1.29 is 40.2 Å². The van der Waals surface area contributed by atoms with Gasteiger partial charge in [0.15, 0.2) is 15.7 Å². The number of halogens is 1. The van der Waals surface area contributed by atoms with Crippen molar-refractivity contribution in [3.63, 3.8) is 0 Å². The summed E-state index contributed by atoms with van der Waals surface area (Å²) < 4.78 is 94.8. The SMILES string of the molecule is COc1cccc(-c2nnc(N(CC[Si](C)(C)C)S(=O)(=O)[C@@H](C)[C@H](OC)c3ccc(F)cc3S(C)(=O)=O)n2-c2c(OC)cccc2OC)n1. The largest absolute Gasteiger partial charge is 0.494 e. The minimum Gasteiger partial charge on any atom is -0.494 e. The van der Waals surface area contributed by atoms with Crippen molar-refractivity contribution in [3.8, 4) is 34.6 Å². The number of pyridine rings is 1. The standard InChI is InChI=1S/C32H42FN5O8S2Si/c1-21(30(46-5)23-17-16-22(33)20-27(23)47(6,39)40)48(41,42)37(18-19-49(7,8)9)32-36-35-31(24-12-10-15-28(34-24)45-4)38(32)29-25(43-2)13-11-14-26(29)44-3/h10-17,20-21,30H,18-19H2,1-9H3/t21-,30-/m0/s1. The quantitative estimate of drug-likeness (QED) is 0.149. The van der Waals surface area contributed by atoms with Gasteiger partial charge in [0.2, 0.25) is 21.9 Å². The Morgan fingerprint density at radius 1 is 0.898 bits per heavy atom. The summed E-state index contributed by atoms with van der Waals surface area (Å²) in [6.45, 7) is 7.73. The molecule has 17 heteroatoms. The molecule has 49 heavy (non-hydrogen) atoms. The van der Waals surface area contributed by atoms with Gasteiger partial charge in [-0.15, -0.1) is 10.2 Å². The van der Waals surface area contributed by atoms with Crippen LogP contribution in [0, 0.1) is 5.82 Å². The van der Waals surface area contributed by atoms with E-state index in [4.69, 9.17) is 18.9 Å². The average Bonchev–Trinajstić information content (AvgIpc) is 3.48. The zero-order valence-electron chi connectivity index (χ0n) is 29.0. The molecule has 2 atom stereocenters. The lowest BCUT2D eigenvalue weighted by molar-refractivity contribution is 0.0998. The van der Waals surface area contributed by atoms with Crippen molar-refractivity contribution in [1.29, 1.82) is 0 Å². The summed E-state index contributed by atoms with van der Waals surface area (Å²) in [5, 5.41) is 7.50. The molecule has 4 rings (SSSR count). The predicted molar refractivity (Wildman–Crippen MR) is 187 cm³/mol. The lowest BCUT2D eigenvalue weighted by Gasteiger charge is -2.32. The van der Waals surface area contributed by atoms with Crippen LogP contribution in [0.2, 0.25) is 25.7 Å². The Bertz CT molecular complexity index is 2000. The van der Waals surface area contributed by atoms with E-state index < -0.39 is 45.1 Å². The number of methoxy groups -OCH3 is 4. The number of sulfone groups is 1. The number of sulfonamides is 1. The first-order chi connectivity index (χ1) is 23.0. The fourth-order valence-corrected chi connectivity index (χ4v) is 8.94. The molecule has 0 aliphatic carbocycles. The van der Waals surface area contributed by atoms with Crippen molar-refractivity contribution in [1.82, 2.24) is 19.7 Å². The fourth-order valence-electron chi connectivity index (χ4n) is 5.29. The lowest BCUT2D eigenvalue weighted by atomic mass is 10.1. The molecule has 0 radical (unpaired) electrons. The Hall–Kier alpha value is -4.06. The Morgan fingerprint density at radius 3 is 2.08 bits per heavy atom. The summed E-state index contributed by atoms with van der Waals surface area (Å²) in [6, 6.07) is 13.8. The average molecular weight is 736 g/mol. The number of para-hydroxylation sites is 1. The van der Waals surface area contributed by atoms with Crippen molar-refractivity contribution in [2.24, 2.45) is 0 Å². The normalized spacial score (nSPS) is 13.5. The zero-order chi connectivity index (χ0) is 36.3. The number of hydrogen-bond donors (Lipinski definition) is 0. The third-order valence-corrected chi connectivity index (χ3v) is 12.9. The molecule has 0 aliphatic rings. The summed E-state index contributed by atoms with van der Waals surface area (Å²) in [5.41, 5.74) is 0.636. The van der Waals surface area contributed by atoms with Gasteiger partial charge in [0.25, 0.3) is 0 Å². The molecule has 0 spiro atoms. The van der Waals surface area contributed by atoms with Crippen molar-refractivity contribution in [2.45, 2.75) is 48.9 Å². The van der Waals surface area contributed by atoms with E-state index in [2.05, 4.69) is 34.8 Å². The highest BCUT2D eigenvalue weighted by Crippen LogP contribution is 2.40. The van der Waals surface area contributed by atoms with E-state index in [1.807, 2.05) is 0 Å². The summed E-state index contributed by atoms with van der Waals surface area (Å²) in [6.07, 6.45) is -0.393. The molecule has 0 aliphatic heterocycles. The molecule has 2 heterocycles. The van der Waals surface area contributed by atoms with Crippen molar-refractivity contribution in [3.05, 3.63) is 66.0 Å². The van der Waals surface area contributed by atoms with E-state index in [0.29, 0.717) is 34.8 Å². The number of anilines is 1. The smallest absolute Gasteiger partial charge is 0.246 e. The number of hydrogen-bond acceptors (Lipinski definition) is 11. The first-order valence-corrected chi connectivity index (χ1v) is 22.3. The molecule has 4 aromatic rings. The predicted octanol–water partition coefficient (Wildman–Crippen LogP) is 5.15. The molecule has 0 fully saturated rings. The molecule has 0 unspecified atom stereocenters. The van der Waals surface area contributed by atoms with Gasteiger partial charge < -0.3 is 18.9 Å². The topological polar surface area (TPSA) is 152 Å². The Balaban J connectivity index is 2.04. The summed E-state index contributed by atoms with van der Waals surface area (Å²) in [7, 11) is -4.66. The van der Waals surface area contributed by atoms with Gasteiger partial charge in [-0.2, -0.15) is 0 Å². The highest BCUT2D eigenvalue weighted by molar-refractivity contribution is 7.93. The van der Waals surface area contributed by atoms with Crippen molar-refractivity contribution >= 4 is 33.9 Å². The van der Waals surface area contributed by atoms with Crippen LogP contribution >= 0.6 is 0 Å². The molecule has 266 valence electrons. The van der Waals surface area contributed by atoms with Gasteiger partial charge in [-0.1, -0.05) is 37.8 Å². The van der Waals surface area contributed by atoms with Gasteiger partial charge in [-0.3, -0.25) is 4.57 Å². The molecular weight excluding hydrogens is 694 g/mol. The van der Waals surface area contributed by atoms with Gasteiger partial charge in [-0.25, -0.2) is 30.5 Å². The Morgan fingerprint density at radius 2 is 1.53 bits per heavy atom. The number of nitrogens with zero attached hydrogens (tertiary/aromatic N) is 5. The van der Waals surface area contributed by atoms with E-state index in [0.717, 1.165) is 22.7 Å². The van der Waals surface area contributed by atoms with Crippen LogP contribution in [0.4, 0.5) is 10.3 Å². The first-order valence-electron chi connectivity index (χ1n) is 15.2. The second-order valence-corrected chi connectivity index (χ2v) is 22.3. The van der Waals surface area contributed by atoms with Gasteiger partial charge in [-0.05, 0) is 43.3 Å². The maximum atomic E-state index is 14.9. The molecule has 2 aromatic carbocycles. The van der Waals surface area contributed by atoms with Crippen LogP contribution in [-0.4, -0.2) is 91.1 Å². The number of aromatic nitrogens is 4. The summed E-state index contributed by atoms with van der Waals surface area (Å²) >= 11 is 0. The first kappa shape index (κ1) is 37.8. The third-order valence-electron chi connectivity index (χ3n) is 7.86.